The minimum Gasteiger partial charge on any atom is -0.477 e. The summed E-state index contributed by atoms with van der Waals surface area (Å²) in [5.74, 6) is -0.741. The molecular weight excluding hydrogens is 398 g/mol. The Morgan fingerprint density at radius 2 is 2.00 bits per heavy atom. The van der Waals surface area contributed by atoms with E-state index in [4.69, 9.17) is 5.11 Å². The average Bonchev–Trinajstić information content (AvgIpc) is 3.30. The van der Waals surface area contributed by atoms with Crippen molar-refractivity contribution in [3.8, 4) is 0 Å². The summed E-state index contributed by atoms with van der Waals surface area (Å²) in [5.41, 5.74) is 1.00. The predicted octanol–water partition coefficient (Wildman–Crippen LogP) is 4.02. The van der Waals surface area contributed by atoms with Crippen LogP contribution in [0.1, 0.15) is 52.2 Å². The number of likely N-dealkylation sites (tertiary alicyclic amines) is 1. The topological polar surface area (TPSA) is 77.8 Å². The molecule has 4 rings (SSSR count). The molecule has 2 N–H and O–H groups in total. The van der Waals surface area contributed by atoms with Crippen molar-refractivity contribution in [1.29, 1.82) is 0 Å². The van der Waals surface area contributed by atoms with Crippen LogP contribution >= 0.6 is 11.3 Å². The number of amides is 1. The number of aliphatic hydroxyl groups excluding tert-OH is 1. The molecule has 1 aromatic carbocycles. The summed E-state index contributed by atoms with van der Waals surface area (Å²) in [4.78, 5) is 26.6. The highest BCUT2D eigenvalue weighted by atomic mass is 32.1. The maximum atomic E-state index is 12.4. The first-order chi connectivity index (χ1) is 14.5. The van der Waals surface area contributed by atoms with Gasteiger partial charge in [0.2, 0.25) is 5.91 Å². The number of nitrogens with zero attached hydrogens (tertiary/aromatic N) is 1. The Morgan fingerprint density at radius 1 is 1.23 bits per heavy atom. The van der Waals surface area contributed by atoms with E-state index in [-0.39, 0.29) is 17.4 Å². The van der Waals surface area contributed by atoms with Gasteiger partial charge in [-0.25, -0.2) is 4.79 Å². The van der Waals surface area contributed by atoms with Crippen LogP contribution in [-0.2, 0) is 16.6 Å². The smallest absolute Gasteiger partial charge is 0.345 e. The summed E-state index contributed by atoms with van der Waals surface area (Å²) >= 11 is 1.30. The van der Waals surface area contributed by atoms with Gasteiger partial charge in [0.05, 0.1) is 12.1 Å². The molecule has 0 spiro atoms. The molecular formula is C24H27NO4S. The van der Waals surface area contributed by atoms with E-state index in [1.807, 2.05) is 41.3 Å². The molecule has 158 valence electrons. The molecule has 2 heterocycles. The van der Waals surface area contributed by atoms with Crippen molar-refractivity contribution < 1.29 is 19.8 Å². The van der Waals surface area contributed by atoms with Gasteiger partial charge in [0.15, 0.2) is 0 Å². The Morgan fingerprint density at radius 3 is 2.67 bits per heavy atom. The SMILES string of the molecule is O=C(O)c1ccc(CCCN2C(=O)CC[C@@H]2C=CC(O)C2(c3ccccc3)CC2)s1. The summed E-state index contributed by atoms with van der Waals surface area (Å²) in [6, 6.07) is 13.7. The van der Waals surface area contributed by atoms with Crippen molar-refractivity contribution >= 4 is 23.2 Å². The van der Waals surface area contributed by atoms with Crippen LogP contribution in [0.3, 0.4) is 0 Å². The van der Waals surface area contributed by atoms with Crippen LogP contribution in [0.25, 0.3) is 0 Å². The van der Waals surface area contributed by atoms with Crippen molar-refractivity contribution in [2.45, 2.75) is 56.1 Å². The number of aromatic carboxylic acids is 1. The first-order valence-electron chi connectivity index (χ1n) is 10.5. The zero-order chi connectivity index (χ0) is 21.1. The number of carboxylic acids is 1. The maximum Gasteiger partial charge on any atom is 0.345 e. The second-order valence-corrected chi connectivity index (χ2v) is 9.39. The van der Waals surface area contributed by atoms with Crippen LogP contribution in [0.15, 0.2) is 54.6 Å². The summed E-state index contributed by atoms with van der Waals surface area (Å²) in [5, 5.41) is 19.9. The highest BCUT2D eigenvalue weighted by Gasteiger charge is 2.49. The van der Waals surface area contributed by atoms with Gasteiger partial charge in [0.25, 0.3) is 0 Å². The van der Waals surface area contributed by atoms with Gasteiger partial charge >= 0.3 is 5.97 Å². The first kappa shape index (κ1) is 20.8. The summed E-state index contributed by atoms with van der Waals surface area (Å²) < 4.78 is 0. The van der Waals surface area contributed by atoms with Crippen molar-refractivity contribution in [2.75, 3.05) is 6.54 Å². The van der Waals surface area contributed by atoms with E-state index in [9.17, 15) is 14.7 Å². The lowest BCUT2D eigenvalue weighted by atomic mass is 9.89. The lowest BCUT2D eigenvalue weighted by Crippen LogP contribution is -2.33. The summed E-state index contributed by atoms with van der Waals surface area (Å²) in [6.07, 6.45) is 8.19. The molecule has 0 bridgehead atoms. The second-order valence-electron chi connectivity index (χ2n) is 8.22. The molecule has 1 aliphatic carbocycles. The lowest BCUT2D eigenvalue weighted by molar-refractivity contribution is -0.128. The highest BCUT2D eigenvalue weighted by molar-refractivity contribution is 7.13. The van der Waals surface area contributed by atoms with Crippen LogP contribution in [0.5, 0.6) is 0 Å². The number of hydrogen-bond acceptors (Lipinski definition) is 4. The zero-order valence-corrected chi connectivity index (χ0v) is 17.7. The number of carbonyl (C=O) groups is 2. The Labute approximate surface area is 180 Å². The Bertz CT molecular complexity index is 932. The number of rotatable bonds is 9. The Kier molecular flexibility index (Phi) is 6.06. The number of carbonyl (C=O) groups excluding carboxylic acids is 1. The Balaban J connectivity index is 1.34. The van der Waals surface area contributed by atoms with E-state index in [2.05, 4.69) is 12.1 Å². The quantitative estimate of drug-likeness (QED) is 0.595. The number of thiophene rings is 1. The van der Waals surface area contributed by atoms with E-state index >= 15 is 0 Å². The fourth-order valence-electron chi connectivity index (χ4n) is 4.37. The second kappa shape index (κ2) is 8.74. The van der Waals surface area contributed by atoms with E-state index in [0.29, 0.717) is 17.8 Å². The summed E-state index contributed by atoms with van der Waals surface area (Å²) in [6.45, 7) is 0.647. The normalized spacial score (nSPS) is 21.3. The minimum absolute atomic E-state index is 0.0247. The fraction of sp³-hybridized carbons (Fsp3) is 0.417. The molecule has 5 nitrogen and oxygen atoms in total. The standard InChI is InChI=1S/C24H27NO4S/c26-21(24(14-15-24)17-5-2-1-3-6-17)12-8-18-9-13-22(27)25(18)16-4-7-19-10-11-20(30-19)23(28)29/h1-3,5-6,8,10-12,18,21,26H,4,7,9,13-16H2,(H,28,29)/t18-,21?/m0/s1. The molecule has 2 aromatic rings. The lowest BCUT2D eigenvalue weighted by Gasteiger charge is -2.24. The van der Waals surface area contributed by atoms with Gasteiger partial charge in [-0.15, -0.1) is 11.3 Å². The van der Waals surface area contributed by atoms with Crippen molar-refractivity contribution in [2.24, 2.45) is 0 Å². The van der Waals surface area contributed by atoms with Gasteiger partial charge in [-0.1, -0.05) is 42.5 Å². The number of hydrogen-bond donors (Lipinski definition) is 2. The maximum absolute atomic E-state index is 12.4. The Hall–Kier alpha value is -2.44. The predicted molar refractivity (Wildman–Crippen MR) is 117 cm³/mol. The van der Waals surface area contributed by atoms with Gasteiger partial charge in [-0.3, -0.25) is 4.79 Å². The zero-order valence-electron chi connectivity index (χ0n) is 16.9. The molecule has 1 aromatic heterocycles. The van der Waals surface area contributed by atoms with Crippen molar-refractivity contribution in [3.63, 3.8) is 0 Å². The van der Waals surface area contributed by atoms with E-state index < -0.39 is 12.1 Å². The van der Waals surface area contributed by atoms with Crippen LogP contribution in [0.2, 0.25) is 0 Å². The fourth-order valence-corrected chi connectivity index (χ4v) is 5.26. The van der Waals surface area contributed by atoms with E-state index in [0.717, 1.165) is 37.0 Å². The monoisotopic (exact) mass is 425 g/mol. The van der Waals surface area contributed by atoms with E-state index in [1.54, 1.807) is 6.07 Å². The molecule has 1 amide bonds. The van der Waals surface area contributed by atoms with Crippen LogP contribution in [0.4, 0.5) is 0 Å². The van der Waals surface area contributed by atoms with Gasteiger partial charge in [-0.05, 0) is 49.8 Å². The third-order valence-corrected chi connectivity index (χ3v) is 7.42. The molecule has 0 radical (unpaired) electrons. The number of benzene rings is 1. The number of aliphatic hydroxyl groups is 1. The third kappa shape index (κ3) is 4.35. The highest BCUT2D eigenvalue weighted by Crippen LogP contribution is 2.51. The van der Waals surface area contributed by atoms with Crippen molar-refractivity contribution in [3.05, 3.63) is 69.9 Å². The van der Waals surface area contributed by atoms with Gasteiger partial charge in [0.1, 0.15) is 4.88 Å². The van der Waals surface area contributed by atoms with Gasteiger partial charge in [0, 0.05) is 23.3 Å². The molecule has 2 aliphatic rings. The van der Waals surface area contributed by atoms with Crippen LogP contribution in [0, 0.1) is 0 Å². The molecule has 2 atom stereocenters. The van der Waals surface area contributed by atoms with Gasteiger partial charge in [-0.2, -0.15) is 0 Å². The van der Waals surface area contributed by atoms with Gasteiger partial charge < -0.3 is 15.1 Å². The largest absolute Gasteiger partial charge is 0.477 e. The molecule has 2 fully saturated rings. The van der Waals surface area contributed by atoms with Crippen molar-refractivity contribution in [1.82, 2.24) is 4.90 Å². The summed E-state index contributed by atoms with van der Waals surface area (Å²) in [7, 11) is 0. The molecule has 6 heteroatoms. The van der Waals surface area contributed by atoms with Crippen LogP contribution in [-0.4, -0.2) is 45.7 Å². The molecule has 1 unspecified atom stereocenters. The number of aryl methyl sites for hydroxylation is 1. The molecule has 30 heavy (non-hydrogen) atoms. The molecule has 1 saturated heterocycles. The molecule has 1 aliphatic heterocycles. The van der Waals surface area contributed by atoms with E-state index in [1.165, 1.54) is 16.9 Å². The average molecular weight is 426 g/mol. The number of carboxylic acid groups (broad SMARTS) is 1. The third-order valence-electron chi connectivity index (χ3n) is 6.29. The van der Waals surface area contributed by atoms with Crippen LogP contribution < -0.4 is 0 Å². The molecule has 1 saturated carbocycles. The minimum atomic E-state index is -0.895. The first-order valence-corrected chi connectivity index (χ1v) is 11.3.